The second kappa shape index (κ2) is 9.73. The van der Waals surface area contributed by atoms with Gasteiger partial charge in [0.15, 0.2) is 0 Å². The van der Waals surface area contributed by atoms with E-state index in [-0.39, 0.29) is 37.1 Å². The number of aromatic nitrogens is 1. The number of amides is 3. The largest absolute Gasteiger partial charge is 0.368 e. The average Bonchev–Trinajstić information content (AvgIpc) is 3.15. The molecule has 0 aliphatic carbocycles. The van der Waals surface area contributed by atoms with Gasteiger partial charge in [0.05, 0.1) is 6.04 Å². The molecule has 7 heteroatoms. The molecule has 0 fully saturated rings. The van der Waals surface area contributed by atoms with Gasteiger partial charge in [-0.2, -0.15) is 0 Å². The molecule has 2 atom stereocenters. The van der Waals surface area contributed by atoms with Crippen molar-refractivity contribution in [2.75, 3.05) is 0 Å². The Balaban J connectivity index is 1.51. The van der Waals surface area contributed by atoms with Gasteiger partial charge in [-0.05, 0) is 24.1 Å². The van der Waals surface area contributed by atoms with Crippen LogP contribution in [0.25, 0.3) is 10.9 Å². The van der Waals surface area contributed by atoms with Gasteiger partial charge in [0.2, 0.25) is 17.7 Å². The zero-order valence-corrected chi connectivity index (χ0v) is 16.9. The summed E-state index contributed by atoms with van der Waals surface area (Å²) in [5.74, 6) is -1.23. The van der Waals surface area contributed by atoms with Gasteiger partial charge < -0.3 is 21.4 Å². The lowest BCUT2D eigenvalue weighted by atomic mass is 10.0. The summed E-state index contributed by atoms with van der Waals surface area (Å²) in [4.78, 5) is 39.5. The number of H-pyrrole nitrogens is 1. The normalized spacial score (nSPS) is 12.8. The fourth-order valence-corrected chi connectivity index (χ4v) is 3.38. The second-order valence-corrected chi connectivity index (χ2v) is 7.29. The first-order valence-electron chi connectivity index (χ1n) is 9.92. The summed E-state index contributed by atoms with van der Waals surface area (Å²) in [7, 11) is 0. The summed E-state index contributed by atoms with van der Waals surface area (Å²) in [6.45, 7) is 1.89. The number of carbonyl (C=O) groups is 3. The second-order valence-electron chi connectivity index (χ2n) is 7.29. The number of para-hydroxylation sites is 1. The molecule has 3 amide bonds. The first-order chi connectivity index (χ1) is 14.4. The van der Waals surface area contributed by atoms with Crippen LogP contribution < -0.4 is 16.4 Å². The highest BCUT2D eigenvalue weighted by molar-refractivity contribution is 5.90. The van der Waals surface area contributed by atoms with Gasteiger partial charge in [-0.25, -0.2) is 0 Å². The molecule has 0 unspecified atom stereocenters. The standard InChI is InChI=1S/C23H26N4O3/c1-15(16-7-3-2-4-8-16)26-21(28)11-12-22(29)27-20(23(24)30)13-17-14-25-19-10-6-5-9-18(17)19/h2-10,14-15,20,25H,11-13H2,1H3,(H2,24,30)(H,26,28)(H,27,29)/t15-,20+/m1/s1. The van der Waals surface area contributed by atoms with Crippen molar-refractivity contribution in [3.63, 3.8) is 0 Å². The van der Waals surface area contributed by atoms with Crippen LogP contribution in [0.4, 0.5) is 0 Å². The molecule has 0 radical (unpaired) electrons. The van der Waals surface area contributed by atoms with Crippen molar-refractivity contribution < 1.29 is 14.4 Å². The predicted octanol–water partition coefficient (Wildman–Crippen LogP) is 2.34. The Bertz CT molecular complexity index is 1030. The van der Waals surface area contributed by atoms with Crippen molar-refractivity contribution in [1.82, 2.24) is 15.6 Å². The summed E-state index contributed by atoms with van der Waals surface area (Å²) in [5.41, 5.74) is 8.32. The van der Waals surface area contributed by atoms with Gasteiger partial charge in [0.1, 0.15) is 6.04 Å². The summed E-state index contributed by atoms with van der Waals surface area (Å²) in [6, 6.07) is 16.3. The molecule has 156 valence electrons. The Labute approximate surface area is 175 Å². The first kappa shape index (κ1) is 21.1. The maximum atomic E-state index is 12.3. The molecule has 1 aromatic heterocycles. The van der Waals surface area contributed by atoms with Crippen LogP contribution in [0, 0.1) is 0 Å². The molecule has 0 saturated carbocycles. The minimum absolute atomic E-state index is 0.0228. The number of benzene rings is 2. The van der Waals surface area contributed by atoms with Gasteiger partial charge in [-0.15, -0.1) is 0 Å². The van der Waals surface area contributed by atoms with Crippen LogP contribution in [0.15, 0.2) is 60.8 Å². The van der Waals surface area contributed by atoms with E-state index in [1.165, 1.54) is 0 Å². The zero-order valence-electron chi connectivity index (χ0n) is 16.9. The third kappa shape index (κ3) is 5.47. The Morgan fingerprint density at radius 2 is 1.57 bits per heavy atom. The van der Waals surface area contributed by atoms with Gasteiger partial charge in [0, 0.05) is 36.4 Å². The van der Waals surface area contributed by atoms with Crippen LogP contribution in [-0.4, -0.2) is 28.7 Å². The molecule has 0 spiro atoms. The molecule has 0 aliphatic heterocycles. The lowest BCUT2D eigenvalue weighted by Gasteiger charge is -2.16. The number of rotatable bonds is 9. The SMILES string of the molecule is C[C@@H](NC(=O)CCC(=O)N[C@@H](Cc1c[nH]c2ccccc12)C(N)=O)c1ccccc1. The van der Waals surface area contributed by atoms with Crippen LogP contribution in [-0.2, 0) is 20.8 Å². The first-order valence-corrected chi connectivity index (χ1v) is 9.92. The highest BCUT2D eigenvalue weighted by Gasteiger charge is 2.21. The van der Waals surface area contributed by atoms with E-state index in [1.807, 2.05) is 67.7 Å². The number of primary amides is 1. The number of carbonyl (C=O) groups excluding carboxylic acids is 3. The van der Waals surface area contributed by atoms with E-state index in [0.717, 1.165) is 22.0 Å². The molecule has 30 heavy (non-hydrogen) atoms. The van der Waals surface area contributed by atoms with E-state index in [9.17, 15) is 14.4 Å². The number of nitrogens with one attached hydrogen (secondary N) is 3. The van der Waals surface area contributed by atoms with Crippen LogP contribution >= 0.6 is 0 Å². The zero-order chi connectivity index (χ0) is 21.5. The number of nitrogens with two attached hydrogens (primary N) is 1. The topological polar surface area (TPSA) is 117 Å². The molecule has 3 aromatic rings. The van der Waals surface area contributed by atoms with Crippen LogP contribution in [0.1, 0.15) is 36.9 Å². The van der Waals surface area contributed by atoms with Crippen molar-refractivity contribution in [2.45, 2.75) is 38.3 Å². The maximum Gasteiger partial charge on any atom is 0.240 e. The average molecular weight is 406 g/mol. The molecule has 2 aromatic carbocycles. The molecule has 0 saturated heterocycles. The molecule has 0 aliphatic rings. The van der Waals surface area contributed by atoms with Crippen molar-refractivity contribution in [3.05, 3.63) is 71.9 Å². The monoisotopic (exact) mass is 406 g/mol. The molecule has 3 rings (SSSR count). The minimum atomic E-state index is -0.844. The van der Waals surface area contributed by atoms with Crippen molar-refractivity contribution in [2.24, 2.45) is 5.73 Å². The Hall–Kier alpha value is -3.61. The van der Waals surface area contributed by atoms with Crippen molar-refractivity contribution >= 4 is 28.6 Å². The van der Waals surface area contributed by atoms with Gasteiger partial charge in [-0.3, -0.25) is 14.4 Å². The molecular formula is C23H26N4O3. The van der Waals surface area contributed by atoms with Gasteiger partial charge >= 0.3 is 0 Å². The third-order valence-corrected chi connectivity index (χ3v) is 5.03. The highest BCUT2D eigenvalue weighted by Crippen LogP contribution is 2.19. The minimum Gasteiger partial charge on any atom is -0.368 e. The molecule has 1 heterocycles. The fraction of sp³-hybridized carbons (Fsp3) is 0.261. The number of hydrogen-bond acceptors (Lipinski definition) is 3. The smallest absolute Gasteiger partial charge is 0.240 e. The van der Waals surface area contributed by atoms with Gasteiger partial charge in [0.25, 0.3) is 0 Å². The quantitative estimate of drug-likeness (QED) is 0.437. The molecule has 5 N–H and O–H groups in total. The lowest BCUT2D eigenvalue weighted by molar-refractivity contribution is -0.129. The number of fused-ring (bicyclic) bond motifs is 1. The molecule has 0 bridgehead atoms. The van der Waals surface area contributed by atoms with Gasteiger partial charge in [-0.1, -0.05) is 48.5 Å². The number of hydrogen-bond donors (Lipinski definition) is 4. The summed E-state index contributed by atoms with van der Waals surface area (Å²) in [5, 5.41) is 6.50. The Morgan fingerprint density at radius 3 is 2.27 bits per heavy atom. The molecular weight excluding hydrogens is 380 g/mol. The fourth-order valence-electron chi connectivity index (χ4n) is 3.38. The van der Waals surface area contributed by atoms with E-state index in [1.54, 1.807) is 0 Å². The van der Waals surface area contributed by atoms with Crippen molar-refractivity contribution in [3.8, 4) is 0 Å². The summed E-state index contributed by atoms with van der Waals surface area (Å²) >= 11 is 0. The van der Waals surface area contributed by atoms with E-state index >= 15 is 0 Å². The Morgan fingerprint density at radius 1 is 0.933 bits per heavy atom. The van der Waals surface area contributed by atoms with E-state index in [4.69, 9.17) is 5.73 Å². The van der Waals surface area contributed by atoms with Crippen molar-refractivity contribution in [1.29, 1.82) is 0 Å². The highest BCUT2D eigenvalue weighted by atomic mass is 16.2. The van der Waals surface area contributed by atoms with E-state index in [0.29, 0.717) is 0 Å². The van der Waals surface area contributed by atoms with Crippen LogP contribution in [0.5, 0.6) is 0 Å². The van der Waals surface area contributed by atoms with Crippen LogP contribution in [0.2, 0.25) is 0 Å². The van der Waals surface area contributed by atoms with Crippen LogP contribution in [0.3, 0.4) is 0 Å². The number of aromatic amines is 1. The van der Waals surface area contributed by atoms with E-state index in [2.05, 4.69) is 15.6 Å². The van der Waals surface area contributed by atoms with E-state index < -0.39 is 11.9 Å². The summed E-state index contributed by atoms with van der Waals surface area (Å²) in [6.07, 6.45) is 2.10. The Kier molecular flexibility index (Phi) is 6.85. The predicted molar refractivity (Wildman–Crippen MR) is 115 cm³/mol. The lowest BCUT2D eigenvalue weighted by Crippen LogP contribution is -2.46. The third-order valence-electron chi connectivity index (χ3n) is 5.03. The summed E-state index contributed by atoms with van der Waals surface area (Å²) < 4.78 is 0. The maximum absolute atomic E-state index is 12.3. The molecule has 7 nitrogen and oxygen atoms in total.